The third kappa shape index (κ3) is 7.02. The van der Waals surface area contributed by atoms with E-state index in [0.29, 0.717) is 54.4 Å². The Morgan fingerprint density at radius 2 is 1.66 bits per heavy atom. The molecule has 2 amide bonds. The second-order valence-electron chi connectivity index (χ2n) is 13.3. The van der Waals surface area contributed by atoms with Crippen molar-refractivity contribution in [3.63, 3.8) is 0 Å². The first-order valence-corrected chi connectivity index (χ1v) is 17.1. The van der Waals surface area contributed by atoms with Gasteiger partial charge in [0.1, 0.15) is 6.04 Å². The SMILES string of the molecule is COc1cc2c(c(OC)c1OC)-c1ccc(N[C@H](C(=O)N3CCN(Cc4ccc5c(c4)OCO5)CC3)C(C)C)c(=O)cc1[C@@H](NC(C)=O)CC2. The van der Waals surface area contributed by atoms with E-state index in [1.807, 2.05) is 49.1 Å². The van der Waals surface area contributed by atoms with E-state index in [1.165, 1.54) is 6.92 Å². The molecule has 1 aliphatic carbocycles. The number of nitrogens with zero attached hydrogens (tertiary/aromatic N) is 2. The molecule has 6 rings (SSSR count). The Bertz CT molecular complexity index is 1820. The van der Waals surface area contributed by atoms with Crippen molar-refractivity contribution < 1.29 is 33.3 Å². The van der Waals surface area contributed by atoms with Crippen LogP contribution in [0.25, 0.3) is 11.1 Å². The second-order valence-corrected chi connectivity index (χ2v) is 13.3. The normalized spacial score (nSPS) is 17.3. The number of aryl methyl sites for hydroxylation is 1. The van der Waals surface area contributed by atoms with Gasteiger partial charge in [-0.3, -0.25) is 19.3 Å². The van der Waals surface area contributed by atoms with Crippen molar-refractivity contribution >= 4 is 17.5 Å². The van der Waals surface area contributed by atoms with E-state index >= 15 is 0 Å². The maximum Gasteiger partial charge on any atom is 0.245 e. The largest absolute Gasteiger partial charge is 0.493 e. The maximum atomic E-state index is 14.0. The fourth-order valence-corrected chi connectivity index (χ4v) is 7.13. The van der Waals surface area contributed by atoms with Gasteiger partial charge in [-0.1, -0.05) is 26.0 Å². The van der Waals surface area contributed by atoms with Crippen LogP contribution in [-0.4, -0.2) is 82.0 Å². The summed E-state index contributed by atoms with van der Waals surface area (Å²) in [5.74, 6) is 2.63. The number of anilines is 1. The number of benzene rings is 2. The molecule has 1 fully saturated rings. The number of nitrogens with one attached hydrogen (secondary N) is 2. The van der Waals surface area contributed by atoms with Crippen LogP contribution in [0.5, 0.6) is 28.7 Å². The highest BCUT2D eigenvalue weighted by Gasteiger charge is 2.32. The third-order valence-corrected chi connectivity index (χ3v) is 9.69. The summed E-state index contributed by atoms with van der Waals surface area (Å²) in [4.78, 5) is 44.5. The summed E-state index contributed by atoms with van der Waals surface area (Å²) in [7, 11) is 4.69. The van der Waals surface area contributed by atoms with E-state index in [2.05, 4.69) is 15.5 Å². The van der Waals surface area contributed by atoms with E-state index in [1.54, 1.807) is 33.5 Å². The quantitative estimate of drug-likeness (QED) is 0.318. The number of rotatable bonds is 10. The Morgan fingerprint density at radius 3 is 2.34 bits per heavy atom. The Balaban J connectivity index is 1.27. The predicted molar refractivity (Wildman–Crippen MR) is 189 cm³/mol. The van der Waals surface area contributed by atoms with E-state index in [-0.39, 0.29) is 30.0 Å². The number of piperazine rings is 1. The number of carbonyl (C=O) groups excluding carboxylic acids is 2. The first kappa shape index (κ1) is 34.9. The highest BCUT2D eigenvalue weighted by Crippen LogP contribution is 2.50. The van der Waals surface area contributed by atoms with Crippen LogP contribution < -0.4 is 39.7 Å². The lowest BCUT2D eigenvalue weighted by molar-refractivity contribution is -0.134. The average molecular weight is 687 g/mol. The molecule has 3 aromatic carbocycles. The Morgan fingerprint density at radius 1 is 0.920 bits per heavy atom. The second kappa shape index (κ2) is 14.9. The zero-order chi connectivity index (χ0) is 35.5. The Labute approximate surface area is 292 Å². The molecule has 0 radical (unpaired) electrons. The van der Waals surface area contributed by atoms with Gasteiger partial charge in [-0.15, -0.1) is 0 Å². The number of fused-ring (bicyclic) bond motifs is 4. The number of hydrogen-bond acceptors (Lipinski definition) is 10. The minimum Gasteiger partial charge on any atom is -0.493 e. The highest BCUT2D eigenvalue weighted by molar-refractivity contribution is 5.86. The van der Waals surface area contributed by atoms with Gasteiger partial charge >= 0.3 is 0 Å². The lowest BCUT2D eigenvalue weighted by atomic mass is 9.95. The number of carbonyl (C=O) groups is 2. The van der Waals surface area contributed by atoms with Gasteiger partial charge in [-0.2, -0.15) is 0 Å². The van der Waals surface area contributed by atoms with Gasteiger partial charge in [0.2, 0.25) is 29.8 Å². The van der Waals surface area contributed by atoms with Crippen molar-refractivity contribution in [1.29, 1.82) is 0 Å². The highest BCUT2D eigenvalue weighted by atomic mass is 16.7. The van der Waals surface area contributed by atoms with Crippen molar-refractivity contribution in [3.05, 3.63) is 69.4 Å². The van der Waals surface area contributed by atoms with E-state index < -0.39 is 12.1 Å². The summed E-state index contributed by atoms with van der Waals surface area (Å²) < 4.78 is 28.2. The minimum absolute atomic E-state index is 0.0461. The number of ether oxygens (including phenoxy) is 5. The van der Waals surface area contributed by atoms with Gasteiger partial charge in [0.15, 0.2) is 23.0 Å². The van der Waals surface area contributed by atoms with Crippen molar-refractivity contribution in [2.24, 2.45) is 5.92 Å². The first-order chi connectivity index (χ1) is 24.1. The molecule has 0 spiro atoms. The molecule has 0 saturated carbocycles. The summed E-state index contributed by atoms with van der Waals surface area (Å²) in [6.45, 7) is 9.02. The molecule has 2 heterocycles. The van der Waals surface area contributed by atoms with Crippen LogP contribution in [0.4, 0.5) is 5.69 Å². The molecule has 3 aromatic rings. The zero-order valence-electron chi connectivity index (χ0n) is 29.6. The fraction of sp³-hybridized carbons (Fsp3) is 0.447. The first-order valence-electron chi connectivity index (χ1n) is 17.1. The standard InChI is InChI=1S/C38H46N4O8/c1-22(2)35(38(45)42-15-13-41(14-16-42)20-24-7-12-31-32(17-24)50-21-49-31)40-29-11-9-26-27(19-30(29)44)28(39-23(3)43)10-8-25-18-33(46-4)36(47-5)37(48-6)34(25)26/h7,9,11-12,17-19,22,28,35H,8,10,13-16,20-21H2,1-6H3,(H,39,43)(H,40,44)/t28-,35-/m0/s1. The van der Waals surface area contributed by atoms with E-state index in [4.69, 9.17) is 23.7 Å². The molecule has 2 aliphatic heterocycles. The minimum atomic E-state index is -0.623. The molecule has 12 nitrogen and oxygen atoms in total. The van der Waals surface area contributed by atoms with Crippen LogP contribution in [0.15, 0.2) is 47.3 Å². The Kier molecular flexibility index (Phi) is 10.4. The van der Waals surface area contributed by atoms with Crippen LogP contribution in [0, 0.1) is 5.92 Å². The molecule has 3 aliphatic rings. The topological polar surface area (TPSA) is 128 Å². The van der Waals surface area contributed by atoms with E-state index in [0.717, 1.165) is 53.4 Å². The molecule has 2 N–H and O–H groups in total. The van der Waals surface area contributed by atoms with Gasteiger partial charge in [0, 0.05) is 45.2 Å². The van der Waals surface area contributed by atoms with Crippen molar-refractivity contribution in [2.45, 2.75) is 52.2 Å². The predicted octanol–water partition coefficient (Wildman–Crippen LogP) is 4.37. The molecule has 50 heavy (non-hydrogen) atoms. The molecule has 0 unspecified atom stereocenters. The summed E-state index contributed by atoms with van der Waals surface area (Å²) in [6, 6.07) is 12.0. The average Bonchev–Trinajstić information content (AvgIpc) is 3.45. The molecular formula is C38H46N4O8. The number of amides is 2. The summed E-state index contributed by atoms with van der Waals surface area (Å²) >= 11 is 0. The van der Waals surface area contributed by atoms with Crippen LogP contribution in [0.2, 0.25) is 0 Å². The molecule has 0 aromatic heterocycles. The Hall–Kier alpha value is -4.97. The van der Waals surface area contributed by atoms with Gasteiger partial charge in [-0.05, 0) is 71.3 Å². The summed E-state index contributed by atoms with van der Waals surface area (Å²) in [6.07, 6.45) is 1.15. The molecule has 2 atom stereocenters. The summed E-state index contributed by atoms with van der Waals surface area (Å²) in [5.41, 5.74) is 4.25. The molecule has 266 valence electrons. The molecule has 12 heteroatoms. The lowest BCUT2D eigenvalue weighted by Crippen LogP contribution is -2.53. The molecule has 1 saturated heterocycles. The van der Waals surface area contributed by atoms with Crippen LogP contribution in [0.3, 0.4) is 0 Å². The van der Waals surface area contributed by atoms with Gasteiger partial charge in [-0.25, -0.2) is 0 Å². The zero-order valence-corrected chi connectivity index (χ0v) is 29.6. The molecule has 0 bridgehead atoms. The van der Waals surface area contributed by atoms with Gasteiger partial charge < -0.3 is 39.2 Å². The number of hydrogen-bond donors (Lipinski definition) is 2. The number of methoxy groups -OCH3 is 3. The van der Waals surface area contributed by atoms with Crippen LogP contribution >= 0.6 is 0 Å². The molecular weight excluding hydrogens is 640 g/mol. The fourth-order valence-electron chi connectivity index (χ4n) is 7.13. The van der Waals surface area contributed by atoms with Crippen LogP contribution in [0.1, 0.15) is 49.9 Å². The van der Waals surface area contributed by atoms with Gasteiger partial charge in [0.05, 0.1) is 33.1 Å². The lowest BCUT2D eigenvalue weighted by Gasteiger charge is -2.37. The van der Waals surface area contributed by atoms with Crippen molar-refractivity contribution in [1.82, 2.24) is 15.1 Å². The summed E-state index contributed by atoms with van der Waals surface area (Å²) in [5, 5.41) is 6.36. The smallest absolute Gasteiger partial charge is 0.245 e. The van der Waals surface area contributed by atoms with E-state index in [9.17, 15) is 14.4 Å². The van der Waals surface area contributed by atoms with Crippen molar-refractivity contribution in [2.75, 3.05) is 59.6 Å². The van der Waals surface area contributed by atoms with Gasteiger partial charge in [0.25, 0.3) is 0 Å². The van der Waals surface area contributed by atoms with Crippen molar-refractivity contribution in [3.8, 4) is 39.9 Å². The monoisotopic (exact) mass is 686 g/mol. The van der Waals surface area contributed by atoms with Crippen LogP contribution in [-0.2, 0) is 22.6 Å². The third-order valence-electron chi connectivity index (χ3n) is 9.69. The maximum absolute atomic E-state index is 14.0.